The predicted molar refractivity (Wildman–Crippen MR) is 72.4 cm³/mol. The van der Waals surface area contributed by atoms with E-state index in [0.717, 1.165) is 4.47 Å². The number of nitrogens with one attached hydrogen (secondary N) is 1. The molecule has 0 radical (unpaired) electrons. The van der Waals surface area contributed by atoms with Gasteiger partial charge in [0, 0.05) is 16.0 Å². The topological polar surface area (TPSA) is 90.2 Å². The molecule has 0 aliphatic carbocycles. The van der Waals surface area contributed by atoms with Crippen LogP contribution < -0.4 is 5.32 Å². The molecule has 19 heavy (non-hydrogen) atoms. The second-order valence-electron chi connectivity index (χ2n) is 4.14. The number of benzene rings is 1. The summed E-state index contributed by atoms with van der Waals surface area (Å²) in [4.78, 5) is 23.0. The summed E-state index contributed by atoms with van der Waals surface area (Å²) in [5.41, 5.74) is 0.366. The van der Waals surface area contributed by atoms with Crippen LogP contribution in [0.2, 0.25) is 0 Å². The summed E-state index contributed by atoms with van der Waals surface area (Å²) < 4.78 is 0.734. The van der Waals surface area contributed by atoms with Crippen LogP contribution >= 0.6 is 15.9 Å². The van der Waals surface area contributed by atoms with Gasteiger partial charge < -0.3 is 10.4 Å². The Kier molecular flexibility index (Phi) is 5.52. The zero-order valence-corrected chi connectivity index (χ0v) is 11.8. The van der Waals surface area contributed by atoms with Crippen LogP contribution in [0.15, 0.2) is 28.7 Å². The van der Waals surface area contributed by atoms with Crippen LogP contribution in [0.5, 0.6) is 0 Å². The van der Waals surface area contributed by atoms with Gasteiger partial charge in [0.05, 0.1) is 6.07 Å². The Balaban J connectivity index is 2.77. The average molecular weight is 325 g/mol. The summed E-state index contributed by atoms with van der Waals surface area (Å²) in [6.45, 7) is 1.61. The third-order valence-electron chi connectivity index (χ3n) is 2.50. The van der Waals surface area contributed by atoms with Gasteiger partial charge in [0.15, 0.2) is 0 Å². The third kappa shape index (κ3) is 4.72. The number of amides is 1. The molecule has 0 fully saturated rings. The first-order valence-corrected chi connectivity index (χ1v) is 6.42. The van der Waals surface area contributed by atoms with E-state index in [1.165, 1.54) is 0 Å². The van der Waals surface area contributed by atoms with Crippen molar-refractivity contribution in [3.8, 4) is 6.07 Å². The summed E-state index contributed by atoms with van der Waals surface area (Å²) >= 11 is 3.24. The number of hydrogen-bond acceptors (Lipinski definition) is 3. The molecule has 1 amide bonds. The molecule has 0 aliphatic rings. The molecule has 2 N–H and O–H groups in total. The summed E-state index contributed by atoms with van der Waals surface area (Å²) in [5, 5.41) is 20.1. The van der Waals surface area contributed by atoms with E-state index in [1.54, 1.807) is 31.2 Å². The van der Waals surface area contributed by atoms with E-state index in [-0.39, 0.29) is 6.42 Å². The Morgan fingerprint density at radius 1 is 1.53 bits per heavy atom. The molecule has 0 spiro atoms. The monoisotopic (exact) mass is 324 g/mol. The van der Waals surface area contributed by atoms with Crippen molar-refractivity contribution in [2.45, 2.75) is 19.4 Å². The van der Waals surface area contributed by atoms with Crippen LogP contribution in [0.25, 0.3) is 0 Å². The van der Waals surface area contributed by atoms with Gasteiger partial charge in [-0.1, -0.05) is 22.0 Å². The van der Waals surface area contributed by atoms with Crippen molar-refractivity contribution in [1.29, 1.82) is 5.26 Å². The number of nitriles is 1. The highest BCUT2D eigenvalue weighted by Crippen LogP contribution is 2.12. The molecule has 1 aromatic carbocycles. The van der Waals surface area contributed by atoms with E-state index in [9.17, 15) is 9.59 Å². The Bertz CT molecular complexity index is 525. The van der Waals surface area contributed by atoms with Crippen LogP contribution in [-0.2, 0) is 4.79 Å². The Morgan fingerprint density at radius 2 is 2.21 bits per heavy atom. The lowest BCUT2D eigenvalue weighted by Gasteiger charge is -2.15. The van der Waals surface area contributed by atoms with Crippen molar-refractivity contribution in [3.05, 3.63) is 34.3 Å². The SMILES string of the molecule is C[C@H](C#N)C[C@H](NC(=O)c1cccc(Br)c1)C(=O)O. The maximum Gasteiger partial charge on any atom is 0.326 e. The molecular formula is C13H13BrN2O3. The van der Waals surface area contributed by atoms with Gasteiger partial charge in [0.25, 0.3) is 5.91 Å². The van der Waals surface area contributed by atoms with Crippen LogP contribution in [0.3, 0.4) is 0 Å². The molecule has 0 aliphatic heterocycles. The van der Waals surface area contributed by atoms with E-state index in [2.05, 4.69) is 21.2 Å². The van der Waals surface area contributed by atoms with Crippen molar-refractivity contribution < 1.29 is 14.7 Å². The summed E-state index contributed by atoms with van der Waals surface area (Å²) in [6, 6.07) is 7.53. The molecule has 0 aromatic heterocycles. The summed E-state index contributed by atoms with van der Waals surface area (Å²) in [6.07, 6.45) is 0.0750. The highest BCUT2D eigenvalue weighted by molar-refractivity contribution is 9.10. The number of carbonyl (C=O) groups is 2. The van der Waals surface area contributed by atoms with E-state index in [0.29, 0.717) is 5.56 Å². The fourth-order valence-electron chi connectivity index (χ4n) is 1.50. The minimum absolute atomic E-state index is 0.0750. The number of halogens is 1. The van der Waals surface area contributed by atoms with Gasteiger partial charge in [-0.25, -0.2) is 4.79 Å². The first-order valence-electron chi connectivity index (χ1n) is 5.63. The van der Waals surface area contributed by atoms with Gasteiger partial charge in [0.1, 0.15) is 6.04 Å². The molecule has 5 nitrogen and oxygen atoms in total. The molecule has 100 valence electrons. The molecule has 0 unspecified atom stereocenters. The van der Waals surface area contributed by atoms with Crippen LogP contribution in [0.4, 0.5) is 0 Å². The number of carboxylic acid groups (broad SMARTS) is 1. The number of carbonyl (C=O) groups excluding carboxylic acids is 1. The lowest BCUT2D eigenvalue weighted by Crippen LogP contribution is -2.41. The maximum atomic E-state index is 11.9. The Hall–Kier alpha value is -1.87. The lowest BCUT2D eigenvalue weighted by atomic mass is 10.0. The first-order chi connectivity index (χ1) is 8.93. The van der Waals surface area contributed by atoms with Gasteiger partial charge in [-0.05, 0) is 31.5 Å². The minimum Gasteiger partial charge on any atom is -0.480 e. The molecule has 2 atom stereocenters. The second-order valence-corrected chi connectivity index (χ2v) is 5.06. The third-order valence-corrected chi connectivity index (χ3v) is 2.99. The van der Waals surface area contributed by atoms with Crippen LogP contribution in [0.1, 0.15) is 23.7 Å². The maximum absolute atomic E-state index is 11.9. The summed E-state index contributed by atoms with van der Waals surface area (Å²) in [7, 11) is 0. The fourth-order valence-corrected chi connectivity index (χ4v) is 1.90. The van der Waals surface area contributed by atoms with Crippen molar-refractivity contribution in [3.63, 3.8) is 0 Å². The van der Waals surface area contributed by atoms with E-state index in [1.807, 2.05) is 6.07 Å². The van der Waals surface area contributed by atoms with Crippen molar-refractivity contribution in [1.82, 2.24) is 5.32 Å². The van der Waals surface area contributed by atoms with Gasteiger partial charge in [-0.15, -0.1) is 0 Å². The Morgan fingerprint density at radius 3 is 2.74 bits per heavy atom. The molecule has 0 bridgehead atoms. The summed E-state index contributed by atoms with van der Waals surface area (Å²) in [5.74, 6) is -2.06. The lowest BCUT2D eigenvalue weighted by molar-refractivity contribution is -0.139. The molecule has 0 heterocycles. The van der Waals surface area contributed by atoms with E-state index in [4.69, 9.17) is 10.4 Å². The number of aliphatic carboxylic acids is 1. The standard InChI is InChI=1S/C13H13BrN2O3/c1-8(7-15)5-11(13(18)19)16-12(17)9-3-2-4-10(14)6-9/h2-4,6,8,11H,5H2,1H3,(H,16,17)(H,18,19)/t8-,11-/m0/s1. The first kappa shape index (κ1) is 15.2. The average Bonchev–Trinajstić information content (AvgIpc) is 2.37. The normalized spacial score (nSPS) is 13.1. The Labute approximate surface area is 119 Å². The number of hydrogen-bond donors (Lipinski definition) is 2. The molecule has 1 rings (SSSR count). The minimum atomic E-state index is -1.15. The van der Waals surface area contributed by atoms with Crippen LogP contribution in [-0.4, -0.2) is 23.0 Å². The second kappa shape index (κ2) is 6.90. The molecule has 0 saturated heterocycles. The fraction of sp³-hybridized carbons (Fsp3) is 0.308. The quantitative estimate of drug-likeness (QED) is 0.868. The van der Waals surface area contributed by atoms with Gasteiger partial charge in [-0.3, -0.25) is 4.79 Å². The largest absolute Gasteiger partial charge is 0.480 e. The highest BCUT2D eigenvalue weighted by Gasteiger charge is 2.23. The predicted octanol–water partition coefficient (Wildman–Crippen LogP) is 2.18. The van der Waals surface area contributed by atoms with Gasteiger partial charge in [-0.2, -0.15) is 5.26 Å². The van der Waals surface area contributed by atoms with Gasteiger partial charge >= 0.3 is 5.97 Å². The zero-order valence-electron chi connectivity index (χ0n) is 10.3. The zero-order chi connectivity index (χ0) is 14.4. The molecule has 1 aromatic rings. The number of rotatable bonds is 5. The number of nitrogens with zero attached hydrogens (tertiary/aromatic N) is 1. The molecule has 0 saturated carbocycles. The smallest absolute Gasteiger partial charge is 0.326 e. The van der Waals surface area contributed by atoms with Crippen molar-refractivity contribution >= 4 is 27.8 Å². The molecule has 6 heteroatoms. The van der Waals surface area contributed by atoms with E-state index >= 15 is 0 Å². The van der Waals surface area contributed by atoms with Gasteiger partial charge in [0.2, 0.25) is 0 Å². The highest BCUT2D eigenvalue weighted by atomic mass is 79.9. The van der Waals surface area contributed by atoms with Crippen molar-refractivity contribution in [2.75, 3.05) is 0 Å². The molecular weight excluding hydrogens is 312 g/mol. The van der Waals surface area contributed by atoms with Crippen molar-refractivity contribution in [2.24, 2.45) is 5.92 Å². The van der Waals surface area contributed by atoms with Crippen LogP contribution in [0, 0.1) is 17.2 Å². The number of carboxylic acids is 1. The van der Waals surface area contributed by atoms with E-state index < -0.39 is 23.8 Å².